The summed E-state index contributed by atoms with van der Waals surface area (Å²) in [5.41, 5.74) is 2.83. The lowest BCUT2D eigenvalue weighted by Crippen LogP contribution is -2.55. The number of carbonyl (C=O) groups is 1. The van der Waals surface area contributed by atoms with Crippen LogP contribution >= 0.6 is 0 Å². The number of hydrogen-bond donors (Lipinski definition) is 0. The molecule has 0 saturated heterocycles. The van der Waals surface area contributed by atoms with Gasteiger partial charge < -0.3 is 14.4 Å². The molecule has 40 heavy (non-hydrogen) atoms. The van der Waals surface area contributed by atoms with Crippen molar-refractivity contribution in [1.82, 2.24) is 9.58 Å². The van der Waals surface area contributed by atoms with E-state index >= 15 is 0 Å². The van der Waals surface area contributed by atoms with Gasteiger partial charge in [-0.25, -0.2) is 0 Å². The minimum Gasteiger partial charge on any atom is -0.493 e. The minimum atomic E-state index is -0.324. The number of fused-ring (bicyclic) bond motifs is 5. The molecule has 202 valence electrons. The van der Waals surface area contributed by atoms with Crippen molar-refractivity contribution in [3.8, 4) is 11.5 Å². The lowest BCUT2D eigenvalue weighted by atomic mass is 9.97. The topological polar surface area (TPSA) is 64.0 Å². The van der Waals surface area contributed by atoms with Gasteiger partial charge >= 0.3 is 0 Å². The van der Waals surface area contributed by atoms with Gasteiger partial charge in [0, 0.05) is 24.4 Å². The van der Waals surface area contributed by atoms with Crippen LogP contribution in [0.3, 0.4) is 0 Å². The van der Waals surface area contributed by atoms with Crippen molar-refractivity contribution in [2.45, 2.75) is 25.5 Å². The molecule has 1 amide bonds. The van der Waals surface area contributed by atoms with E-state index in [0.29, 0.717) is 26.2 Å². The summed E-state index contributed by atoms with van der Waals surface area (Å²) in [6.07, 6.45) is 7.32. The average Bonchev–Trinajstić information content (AvgIpc) is 3.00. The monoisotopic (exact) mass is 533 g/mol. The summed E-state index contributed by atoms with van der Waals surface area (Å²) in [6, 6.07) is 29.0. The van der Waals surface area contributed by atoms with Crippen molar-refractivity contribution in [3.63, 3.8) is 0 Å². The molecule has 3 heterocycles. The van der Waals surface area contributed by atoms with E-state index in [1.54, 1.807) is 15.8 Å². The number of ether oxygens (including phenoxy) is 2. The number of nitrogens with zero attached hydrogens (tertiary/aromatic N) is 3. The van der Waals surface area contributed by atoms with E-state index in [9.17, 15) is 9.59 Å². The molecule has 0 unspecified atom stereocenters. The van der Waals surface area contributed by atoms with Crippen molar-refractivity contribution < 1.29 is 14.3 Å². The van der Waals surface area contributed by atoms with E-state index in [2.05, 4.69) is 35.4 Å². The number of para-hydroxylation sites is 1. The predicted molar refractivity (Wildman–Crippen MR) is 154 cm³/mol. The molecule has 0 saturated carbocycles. The molecule has 0 aliphatic carbocycles. The minimum absolute atomic E-state index is 0.0576. The number of amides is 1. The quantitative estimate of drug-likeness (QED) is 0.333. The van der Waals surface area contributed by atoms with Crippen LogP contribution in [-0.4, -0.2) is 35.3 Å². The number of carbonyl (C=O) groups excluding carboxylic acids is 1. The average molecular weight is 534 g/mol. The Kier molecular flexibility index (Phi) is 7.35. The fourth-order valence-corrected chi connectivity index (χ4v) is 5.31. The van der Waals surface area contributed by atoms with E-state index in [0.717, 1.165) is 28.9 Å². The fourth-order valence-electron chi connectivity index (χ4n) is 5.31. The highest BCUT2D eigenvalue weighted by molar-refractivity contribution is 5.96. The molecule has 7 nitrogen and oxygen atoms in total. The maximum absolute atomic E-state index is 14.0. The second-order valence-electron chi connectivity index (χ2n) is 9.87. The van der Waals surface area contributed by atoms with E-state index in [-0.39, 0.29) is 35.4 Å². The van der Waals surface area contributed by atoms with Crippen LogP contribution in [0.2, 0.25) is 0 Å². The largest absolute Gasteiger partial charge is 0.493 e. The lowest BCUT2D eigenvalue weighted by molar-refractivity contribution is 0.0679. The summed E-state index contributed by atoms with van der Waals surface area (Å²) in [4.78, 5) is 29.0. The van der Waals surface area contributed by atoms with Gasteiger partial charge in [0.2, 0.25) is 5.43 Å². The highest BCUT2D eigenvalue weighted by Gasteiger charge is 2.37. The van der Waals surface area contributed by atoms with Crippen molar-refractivity contribution >= 4 is 5.91 Å². The van der Waals surface area contributed by atoms with Gasteiger partial charge in [0.05, 0.1) is 6.61 Å². The summed E-state index contributed by atoms with van der Waals surface area (Å²) in [5.74, 6) is 0.620. The third kappa shape index (κ3) is 5.10. The molecule has 7 heteroatoms. The van der Waals surface area contributed by atoms with Gasteiger partial charge in [-0.2, -0.15) is 0 Å². The Labute approximate surface area is 233 Å². The van der Waals surface area contributed by atoms with E-state index in [1.807, 2.05) is 66.7 Å². The van der Waals surface area contributed by atoms with Crippen molar-refractivity contribution in [3.05, 3.63) is 142 Å². The number of hydrogen-bond acceptors (Lipinski definition) is 5. The van der Waals surface area contributed by atoms with Crippen LogP contribution in [0.15, 0.2) is 114 Å². The Balaban J connectivity index is 1.53. The van der Waals surface area contributed by atoms with E-state index in [4.69, 9.17) is 9.47 Å². The molecule has 0 spiro atoms. The summed E-state index contributed by atoms with van der Waals surface area (Å²) in [5, 5.41) is 2.12. The van der Waals surface area contributed by atoms with Gasteiger partial charge in [-0.05, 0) is 30.0 Å². The molecule has 2 aliphatic heterocycles. The summed E-state index contributed by atoms with van der Waals surface area (Å²) < 4.78 is 14.2. The van der Waals surface area contributed by atoms with Crippen LogP contribution in [0, 0.1) is 0 Å². The molecule has 0 N–H and O–H groups in total. The van der Waals surface area contributed by atoms with Crippen LogP contribution in [0.1, 0.15) is 46.1 Å². The number of rotatable bonds is 4. The zero-order chi connectivity index (χ0) is 27.3. The van der Waals surface area contributed by atoms with Crippen molar-refractivity contribution in [1.29, 1.82) is 0 Å². The zero-order valence-electron chi connectivity index (χ0n) is 22.2. The Morgan fingerprint density at radius 3 is 2.38 bits per heavy atom. The fraction of sp³-hybridized carbons (Fsp3) is 0.212. The number of benzene rings is 3. The zero-order valence-corrected chi connectivity index (χ0v) is 22.2. The van der Waals surface area contributed by atoms with E-state index < -0.39 is 0 Å². The van der Waals surface area contributed by atoms with Gasteiger partial charge in [0.15, 0.2) is 11.4 Å². The summed E-state index contributed by atoms with van der Waals surface area (Å²) >= 11 is 0. The first kappa shape index (κ1) is 25.5. The van der Waals surface area contributed by atoms with Crippen LogP contribution in [0.25, 0.3) is 0 Å². The molecule has 1 atom stereocenters. The Bertz CT molecular complexity index is 1570. The third-order valence-corrected chi connectivity index (χ3v) is 7.24. The molecule has 0 fully saturated rings. The van der Waals surface area contributed by atoms with Crippen LogP contribution in [0.4, 0.5) is 0 Å². The molecular formula is C33H31N3O4. The normalized spacial score (nSPS) is 17.8. The number of aromatic nitrogens is 1. The molecular weight excluding hydrogens is 502 g/mol. The van der Waals surface area contributed by atoms with Gasteiger partial charge in [0.1, 0.15) is 25.1 Å². The first-order valence-corrected chi connectivity index (χ1v) is 13.6. The second kappa shape index (κ2) is 11.5. The molecule has 2 bridgehead atoms. The second-order valence-corrected chi connectivity index (χ2v) is 9.87. The highest BCUT2D eigenvalue weighted by Crippen LogP contribution is 2.37. The van der Waals surface area contributed by atoms with Crippen LogP contribution < -0.4 is 19.9 Å². The Morgan fingerprint density at radius 2 is 1.55 bits per heavy atom. The van der Waals surface area contributed by atoms with Crippen LogP contribution in [0.5, 0.6) is 11.5 Å². The summed E-state index contributed by atoms with van der Waals surface area (Å²) in [6.45, 7) is 1.58. The van der Waals surface area contributed by atoms with E-state index in [1.165, 1.54) is 6.07 Å². The maximum Gasteiger partial charge on any atom is 0.277 e. The Hall–Kier alpha value is -4.78. The highest BCUT2D eigenvalue weighted by atomic mass is 16.5. The Morgan fingerprint density at radius 1 is 0.825 bits per heavy atom. The molecule has 6 rings (SSSR count). The van der Waals surface area contributed by atoms with Crippen molar-refractivity contribution in [2.24, 2.45) is 0 Å². The van der Waals surface area contributed by atoms with Gasteiger partial charge in [-0.1, -0.05) is 91.0 Å². The smallest absolute Gasteiger partial charge is 0.277 e. The first-order chi connectivity index (χ1) is 19.7. The third-order valence-electron chi connectivity index (χ3n) is 7.24. The van der Waals surface area contributed by atoms with Gasteiger partial charge in [0.25, 0.3) is 5.91 Å². The number of pyridine rings is 1. The van der Waals surface area contributed by atoms with Gasteiger partial charge in [-0.15, -0.1) is 0 Å². The molecule has 0 radical (unpaired) electrons. The lowest BCUT2D eigenvalue weighted by Gasteiger charge is -2.44. The standard InChI is InChI=1S/C33H31N3O4/c37-28-19-21-35-31(32(28)40-23-25-13-5-3-6-14-25)33(38)34-20-11-1-2-12-22-39-29-18-10-9-17-27(29)30(36(35)24-34)26-15-7-4-8-16-26/h1-10,13-19,21,30H,11-12,20,22-24H2/b2-1+/t30-/m1/s1. The molecule has 4 aromatic rings. The van der Waals surface area contributed by atoms with Crippen molar-refractivity contribution in [2.75, 3.05) is 24.8 Å². The predicted octanol–water partition coefficient (Wildman–Crippen LogP) is 5.30. The SMILES string of the molecule is O=C1c2c(OCc3ccccc3)c(=O)ccn2N2CN1CC/C=C/CCOc1ccccc1[C@H]2c1ccccc1. The molecule has 1 aromatic heterocycles. The maximum atomic E-state index is 14.0. The molecule has 2 aliphatic rings. The molecule has 3 aromatic carbocycles. The van der Waals surface area contributed by atoms with Crippen LogP contribution in [-0.2, 0) is 6.61 Å². The summed E-state index contributed by atoms with van der Waals surface area (Å²) in [7, 11) is 0. The van der Waals surface area contributed by atoms with Gasteiger partial charge in [-0.3, -0.25) is 19.3 Å². The first-order valence-electron chi connectivity index (χ1n) is 13.6.